The first kappa shape index (κ1) is 18.9. The third kappa shape index (κ3) is 4.44. The molecular weight excluding hydrogens is 386 g/mol. The molecule has 0 aliphatic heterocycles. The highest BCUT2D eigenvalue weighted by molar-refractivity contribution is 7.93. The van der Waals surface area contributed by atoms with Crippen molar-refractivity contribution in [1.29, 1.82) is 0 Å². The van der Waals surface area contributed by atoms with Gasteiger partial charge in [0.25, 0.3) is 15.9 Å². The van der Waals surface area contributed by atoms with Crippen molar-refractivity contribution in [3.63, 3.8) is 0 Å². The normalized spacial score (nSPS) is 11.0. The number of anilines is 2. The molecule has 0 aliphatic carbocycles. The SMILES string of the molecule is COc1ccc(C)cc1NC(=O)c1csc(NS(=O)(=O)c2ccccc2)n1. The standard InChI is InChI=1S/C18H17N3O4S2/c1-12-8-9-16(25-2)14(10-12)19-17(22)15-11-26-18(20-15)21-27(23,24)13-6-4-3-5-7-13/h3-11H,1-2H3,(H,19,22)(H,20,21). The number of nitrogens with zero attached hydrogens (tertiary/aromatic N) is 1. The second-order valence-corrected chi connectivity index (χ2v) is 8.15. The number of aromatic nitrogens is 1. The smallest absolute Gasteiger partial charge is 0.275 e. The van der Waals surface area contributed by atoms with Crippen LogP contribution in [0.4, 0.5) is 10.8 Å². The van der Waals surface area contributed by atoms with E-state index in [1.54, 1.807) is 30.3 Å². The molecule has 0 fully saturated rings. The molecule has 2 N–H and O–H groups in total. The van der Waals surface area contributed by atoms with Gasteiger partial charge in [-0.25, -0.2) is 13.4 Å². The zero-order chi connectivity index (χ0) is 19.4. The number of amides is 1. The molecular formula is C18H17N3O4S2. The van der Waals surface area contributed by atoms with Gasteiger partial charge in [-0.3, -0.25) is 9.52 Å². The number of methoxy groups -OCH3 is 1. The van der Waals surface area contributed by atoms with Crippen LogP contribution < -0.4 is 14.8 Å². The zero-order valence-corrected chi connectivity index (χ0v) is 16.2. The van der Waals surface area contributed by atoms with E-state index in [4.69, 9.17) is 4.74 Å². The van der Waals surface area contributed by atoms with Crippen molar-refractivity contribution in [3.05, 3.63) is 65.2 Å². The summed E-state index contributed by atoms with van der Waals surface area (Å²) in [5.74, 6) is 0.0643. The van der Waals surface area contributed by atoms with Crippen molar-refractivity contribution in [2.75, 3.05) is 17.1 Å². The molecule has 0 radical (unpaired) electrons. The lowest BCUT2D eigenvalue weighted by Crippen LogP contribution is -2.15. The van der Waals surface area contributed by atoms with Crippen LogP contribution in [0.1, 0.15) is 16.1 Å². The van der Waals surface area contributed by atoms with E-state index >= 15 is 0 Å². The Morgan fingerprint density at radius 1 is 1.15 bits per heavy atom. The molecule has 0 saturated heterocycles. The lowest BCUT2D eigenvalue weighted by atomic mass is 10.2. The van der Waals surface area contributed by atoms with Gasteiger partial charge < -0.3 is 10.1 Å². The van der Waals surface area contributed by atoms with E-state index in [1.807, 2.05) is 13.0 Å². The van der Waals surface area contributed by atoms with Crippen LogP contribution in [-0.4, -0.2) is 26.4 Å². The van der Waals surface area contributed by atoms with Gasteiger partial charge in [0.1, 0.15) is 11.4 Å². The average Bonchev–Trinajstić information content (AvgIpc) is 3.10. The van der Waals surface area contributed by atoms with Crippen LogP contribution in [0.5, 0.6) is 5.75 Å². The quantitative estimate of drug-likeness (QED) is 0.656. The van der Waals surface area contributed by atoms with Crippen LogP contribution in [-0.2, 0) is 10.0 Å². The molecule has 0 atom stereocenters. The molecule has 1 aromatic heterocycles. The minimum atomic E-state index is -3.75. The van der Waals surface area contributed by atoms with Gasteiger partial charge in [0.05, 0.1) is 17.7 Å². The van der Waals surface area contributed by atoms with E-state index in [0.29, 0.717) is 11.4 Å². The van der Waals surface area contributed by atoms with Crippen LogP contribution in [0.15, 0.2) is 58.8 Å². The summed E-state index contributed by atoms with van der Waals surface area (Å²) < 4.78 is 32.3. The largest absolute Gasteiger partial charge is 0.495 e. The average molecular weight is 403 g/mol. The minimum Gasteiger partial charge on any atom is -0.495 e. The molecule has 140 valence electrons. The molecule has 1 heterocycles. The van der Waals surface area contributed by atoms with Crippen LogP contribution >= 0.6 is 11.3 Å². The predicted octanol–water partition coefficient (Wildman–Crippen LogP) is 3.51. The molecule has 0 spiro atoms. The molecule has 9 heteroatoms. The maximum atomic E-state index is 12.4. The lowest BCUT2D eigenvalue weighted by molar-refractivity contribution is 0.102. The van der Waals surface area contributed by atoms with Crippen LogP contribution in [0.25, 0.3) is 0 Å². The maximum Gasteiger partial charge on any atom is 0.275 e. The number of nitrogens with one attached hydrogen (secondary N) is 2. The van der Waals surface area contributed by atoms with Gasteiger partial charge in [-0.15, -0.1) is 11.3 Å². The molecule has 0 unspecified atom stereocenters. The molecule has 3 aromatic rings. The Morgan fingerprint density at radius 3 is 2.59 bits per heavy atom. The summed E-state index contributed by atoms with van der Waals surface area (Å²) in [6.45, 7) is 1.90. The van der Waals surface area contributed by atoms with E-state index in [-0.39, 0.29) is 15.7 Å². The van der Waals surface area contributed by atoms with Crippen molar-refractivity contribution >= 4 is 38.1 Å². The number of sulfonamides is 1. The van der Waals surface area contributed by atoms with Gasteiger partial charge in [0, 0.05) is 5.38 Å². The number of thiazole rings is 1. The van der Waals surface area contributed by atoms with E-state index in [1.165, 1.54) is 24.6 Å². The van der Waals surface area contributed by atoms with Gasteiger partial charge in [-0.2, -0.15) is 0 Å². The lowest BCUT2D eigenvalue weighted by Gasteiger charge is -2.10. The fourth-order valence-electron chi connectivity index (χ4n) is 2.30. The Hall–Kier alpha value is -2.91. The van der Waals surface area contributed by atoms with Gasteiger partial charge in [0.2, 0.25) is 0 Å². The summed E-state index contributed by atoms with van der Waals surface area (Å²) >= 11 is 1.03. The number of rotatable bonds is 6. The summed E-state index contributed by atoms with van der Waals surface area (Å²) in [6.07, 6.45) is 0. The minimum absolute atomic E-state index is 0.106. The van der Waals surface area contributed by atoms with Crippen molar-refractivity contribution in [3.8, 4) is 5.75 Å². The summed E-state index contributed by atoms with van der Waals surface area (Å²) in [6, 6.07) is 13.3. The Bertz CT molecular complexity index is 1060. The number of benzene rings is 2. The van der Waals surface area contributed by atoms with Crippen LogP contribution in [0.3, 0.4) is 0 Å². The Balaban J connectivity index is 1.76. The van der Waals surface area contributed by atoms with Crippen molar-refractivity contribution in [2.45, 2.75) is 11.8 Å². The first-order valence-corrected chi connectivity index (χ1v) is 10.2. The number of carbonyl (C=O) groups is 1. The topological polar surface area (TPSA) is 97.4 Å². The zero-order valence-electron chi connectivity index (χ0n) is 14.6. The number of ether oxygens (including phenoxy) is 1. The van der Waals surface area contributed by atoms with Crippen LogP contribution in [0.2, 0.25) is 0 Å². The van der Waals surface area contributed by atoms with Crippen molar-refractivity contribution in [1.82, 2.24) is 4.98 Å². The van der Waals surface area contributed by atoms with E-state index in [2.05, 4.69) is 15.0 Å². The second kappa shape index (κ2) is 7.77. The summed E-state index contributed by atoms with van der Waals surface area (Å²) in [7, 11) is -2.24. The third-order valence-corrected chi connectivity index (χ3v) is 5.86. The number of carbonyl (C=O) groups excluding carboxylic acids is 1. The fourth-order valence-corrected chi connectivity index (χ4v) is 4.27. The van der Waals surface area contributed by atoms with Crippen molar-refractivity contribution in [2.24, 2.45) is 0 Å². The highest BCUT2D eigenvalue weighted by Crippen LogP contribution is 2.26. The summed E-state index contributed by atoms with van der Waals surface area (Å²) in [4.78, 5) is 16.6. The van der Waals surface area contributed by atoms with E-state index in [9.17, 15) is 13.2 Å². The van der Waals surface area contributed by atoms with Gasteiger partial charge in [-0.1, -0.05) is 24.3 Å². The van der Waals surface area contributed by atoms with Gasteiger partial charge in [-0.05, 0) is 36.8 Å². The molecule has 0 saturated carbocycles. The maximum absolute atomic E-state index is 12.4. The fraction of sp³-hybridized carbons (Fsp3) is 0.111. The van der Waals surface area contributed by atoms with Gasteiger partial charge in [0.15, 0.2) is 5.13 Å². The van der Waals surface area contributed by atoms with E-state index < -0.39 is 15.9 Å². The molecule has 27 heavy (non-hydrogen) atoms. The molecule has 3 rings (SSSR count). The third-order valence-electron chi connectivity index (χ3n) is 3.62. The van der Waals surface area contributed by atoms with E-state index in [0.717, 1.165) is 16.9 Å². The Morgan fingerprint density at radius 2 is 1.89 bits per heavy atom. The monoisotopic (exact) mass is 403 g/mol. The number of aryl methyl sites for hydroxylation is 1. The molecule has 2 aromatic carbocycles. The number of hydrogen-bond acceptors (Lipinski definition) is 6. The summed E-state index contributed by atoms with van der Waals surface area (Å²) in [5.41, 5.74) is 1.58. The second-order valence-electron chi connectivity index (χ2n) is 5.61. The molecule has 0 aliphatic rings. The predicted molar refractivity (Wildman–Crippen MR) is 105 cm³/mol. The Labute approximate surface area is 161 Å². The molecule has 7 nitrogen and oxygen atoms in total. The summed E-state index contributed by atoms with van der Waals surface area (Å²) in [5, 5.41) is 4.33. The Kier molecular flexibility index (Phi) is 5.43. The first-order valence-electron chi connectivity index (χ1n) is 7.88. The molecule has 1 amide bonds. The molecule has 0 bridgehead atoms. The highest BCUT2D eigenvalue weighted by Gasteiger charge is 2.18. The van der Waals surface area contributed by atoms with Crippen molar-refractivity contribution < 1.29 is 17.9 Å². The number of hydrogen-bond donors (Lipinski definition) is 2. The van der Waals surface area contributed by atoms with Crippen LogP contribution in [0, 0.1) is 6.92 Å². The first-order chi connectivity index (χ1) is 12.9. The van der Waals surface area contributed by atoms with Gasteiger partial charge >= 0.3 is 0 Å². The highest BCUT2D eigenvalue weighted by atomic mass is 32.2.